The number of carbonyl (C=O) groups is 1. The fourth-order valence-electron chi connectivity index (χ4n) is 1.95. The van der Waals surface area contributed by atoms with Crippen molar-refractivity contribution in [1.82, 2.24) is 0 Å². The van der Waals surface area contributed by atoms with Gasteiger partial charge in [-0.15, -0.1) is 0 Å². The van der Waals surface area contributed by atoms with Crippen LogP contribution >= 0.6 is 0 Å². The van der Waals surface area contributed by atoms with Gasteiger partial charge in [-0.2, -0.15) is 0 Å². The summed E-state index contributed by atoms with van der Waals surface area (Å²) in [5, 5.41) is 8.86. The predicted octanol–water partition coefficient (Wildman–Crippen LogP) is 3.67. The van der Waals surface area contributed by atoms with Crippen LogP contribution in [0.1, 0.15) is 18.1 Å². The number of carboxylic acid groups (broad SMARTS) is 1. The van der Waals surface area contributed by atoms with Crippen molar-refractivity contribution in [2.24, 2.45) is 0 Å². The highest BCUT2D eigenvalue weighted by Crippen LogP contribution is 2.24. The molecule has 0 heterocycles. The molecule has 98 valence electrons. The molecule has 0 saturated carbocycles. The first-order valence-corrected chi connectivity index (χ1v) is 6.25. The molecule has 3 heteroatoms. The van der Waals surface area contributed by atoms with Crippen LogP contribution in [0.4, 0.5) is 0 Å². The van der Waals surface area contributed by atoms with Crippen LogP contribution in [0.5, 0.6) is 11.5 Å². The van der Waals surface area contributed by atoms with Gasteiger partial charge in [-0.05, 0) is 41.8 Å². The van der Waals surface area contributed by atoms with Crippen molar-refractivity contribution in [2.45, 2.75) is 19.8 Å². The third-order valence-electron chi connectivity index (χ3n) is 2.88. The fourth-order valence-corrected chi connectivity index (χ4v) is 1.95. The van der Waals surface area contributed by atoms with Gasteiger partial charge in [0, 0.05) is 0 Å². The van der Waals surface area contributed by atoms with E-state index < -0.39 is 5.97 Å². The average Bonchev–Trinajstić information content (AvgIpc) is 2.41. The SMILES string of the molecule is CCc1cc(Oc2ccccc2)ccc1CC(=O)O. The minimum atomic E-state index is -0.813. The van der Waals surface area contributed by atoms with Gasteiger partial charge in [0.1, 0.15) is 11.5 Å². The summed E-state index contributed by atoms with van der Waals surface area (Å²) < 4.78 is 5.73. The number of hydrogen-bond donors (Lipinski definition) is 1. The van der Waals surface area contributed by atoms with E-state index in [1.165, 1.54) is 0 Å². The molecule has 2 aromatic rings. The highest BCUT2D eigenvalue weighted by Gasteiger charge is 2.07. The van der Waals surface area contributed by atoms with Crippen molar-refractivity contribution < 1.29 is 14.6 Å². The largest absolute Gasteiger partial charge is 0.481 e. The number of aliphatic carboxylic acids is 1. The summed E-state index contributed by atoms with van der Waals surface area (Å²) >= 11 is 0. The van der Waals surface area contributed by atoms with Gasteiger partial charge in [0.05, 0.1) is 6.42 Å². The van der Waals surface area contributed by atoms with Crippen molar-refractivity contribution >= 4 is 5.97 Å². The molecule has 0 aliphatic carbocycles. The summed E-state index contributed by atoms with van der Waals surface area (Å²) in [6.07, 6.45) is 0.837. The van der Waals surface area contributed by atoms with Gasteiger partial charge < -0.3 is 9.84 Å². The van der Waals surface area contributed by atoms with Crippen LogP contribution in [0.3, 0.4) is 0 Å². The molecule has 2 aromatic carbocycles. The number of ether oxygens (including phenoxy) is 1. The normalized spacial score (nSPS) is 10.2. The van der Waals surface area contributed by atoms with Gasteiger partial charge in [0.2, 0.25) is 0 Å². The number of para-hydroxylation sites is 1. The predicted molar refractivity (Wildman–Crippen MR) is 73.7 cm³/mol. The van der Waals surface area contributed by atoms with E-state index in [2.05, 4.69) is 0 Å². The second kappa shape index (κ2) is 6.05. The molecule has 0 spiro atoms. The van der Waals surface area contributed by atoms with E-state index in [1.807, 2.05) is 55.5 Å². The summed E-state index contributed by atoms with van der Waals surface area (Å²) in [6.45, 7) is 2.01. The van der Waals surface area contributed by atoms with Gasteiger partial charge >= 0.3 is 5.97 Å². The maximum Gasteiger partial charge on any atom is 0.307 e. The van der Waals surface area contributed by atoms with E-state index in [0.29, 0.717) is 0 Å². The third-order valence-corrected chi connectivity index (χ3v) is 2.88. The number of hydrogen-bond acceptors (Lipinski definition) is 2. The van der Waals surface area contributed by atoms with Crippen LogP contribution < -0.4 is 4.74 Å². The standard InChI is InChI=1S/C16H16O3/c1-2-12-10-15(9-8-13(12)11-16(17)18)19-14-6-4-3-5-7-14/h3-10H,2,11H2,1H3,(H,17,18). The van der Waals surface area contributed by atoms with Crippen molar-refractivity contribution in [2.75, 3.05) is 0 Å². The summed E-state index contributed by atoms with van der Waals surface area (Å²) in [5.41, 5.74) is 1.85. The Bertz CT molecular complexity index is 561. The number of aryl methyl sites for hydroxylation is 1. The molecule has 0 unspecified atom stereocenters. The zero-order valence-electron chi connectivity index (χ0n) is 10.8. The summed E-state index contributed by atoms with van der Waals surface area (Å²) in [6, 6.07) is 15.1. The Hall–Kier alpha value is -2.29. The molecule has 0 radical (unpaired) electrons. The van der Waals surface area contributed by atoms with Crippen LogP contribution in [-0.2, 0) is 17.6 Å². The molecule has 0 atom stereocenters. The maximum atomic E-state index is 10.8. The quantitative estimate of drug-likeness (QED) is 0.887. The minimum Gasteiger partial charge on any atom is -0.481 e. The lowest BCUT2D eigenvalue weighted by molar-refractivity contribution is -0.136. The summed E-state index contributed by atoms with van der Waals surface area (Å²) in [5.74, 6) is 0.694. The Morgan fingerprint density at radius 1 is 1.05 bits per heavy atom. The Morgan fingerprint density at radius 2 is 1.79 bits per heavy atom. The lowest BCUT2D eigenvalue weighted by atomic mass is 10.0. The zero-order chi connectivity index (χ0) is 13.7. The topological polar surface area (TPSA) is 46.5 Å². The molecule has 3 nitrogen and oxygen atoms in total. The average molecular weight is 256 g/mol. The fraction of sp³-hybridized carbons (Fsp3) is 0.188. The van der Waals surface area contributed by atoms with E-state index in [4.69, 9.17) is 9.84 Å². The first-order chi connectivity index (χ1) is 9.19. The molecule has 0 amide bonds. The van der Waals surface area contributed by atoms with Gasteiger partial charge in [0.15, 0.2) is 0 Å². The first kappa shape index (κ1) is 13.1. The second-order valence-electron chi connectivity index (χ2n) is 4.27. The monoisotopic (exact) mass is 256 g/mol. The van der Waals surface area contributed by atoms with Crippen molar-refractivity contribution in [3.05, 3.63) is 59.7 Å². The lowest BCUT2D eigenvalue weighted by Crippen LogP contribution is -2.03. The maximum absolute atomic E-state index is 10.8. The van der Waals surface area contributed by atoms with E-state index >= 15 is 0 Å². The summed E-state index contributed by atoms with van der Waals surface area (Å²) in [7, 11) is 0. The van der Waals surface area contributed by atoms with Gasteiger partial charge in [0.25, 0.3) is 0 Å². The molecule has 0 saturated heterocycles. The van der Waals surface area contributed by atoms with Crippen LogP contribution in [0.15, 0.2) is 48.5 Å². The smallest absolute Gasteiger partial charge is 0.307 e. The Morgan fingerprint density at radius 3 is 2.42 bits per heavy atom. The molecule has 0 aliphatic heterocycles. The highest BCUT2D eigenvalue weighted by molar-refractivity contribution is 5.71. The van der Waals surface area contributed by atoms with Gasteiger partial charge in [-0.25, -0.2) is 0 Å². The van der Waals surface area contributed by atoms with Crippen molar-refractivity contribution in [1.29, 1.82) is 0 Å². The molecule has 0 aromatic heterocycles. The lowest BCUT2D eigenvalue weighted by Gasteiger charge is -2.10. The van der Waals surface area contributed by atoms with Crippen LogP contribution in [-0.4, -0.2) is 11.1 Å². The van der Waals surface area contributed by atoms with Crippen molar-refractivity contribution in [3.63, 3.8) is 0 Å². The molecule has 1 N–H and O–H groups in total. The Kier molecular flexibility index (Phi) is 4.18. The van der Waals surface area contributed by atoms with E-state index in [0.717, 1.165) is 29.0 Å². The zero-order valence-corrected chi connectivity index (χ0v) is 10.8. The minimum absolute atomic E-state index is 0.0504. The third kappa shape index (κ3) is 3.58. The first-order valence-electron chi connectivity index (χ1n) is 6.25. The van der Waals surface area contributed by atoms with Gasteiger partial charge in [-0.1, -0.05) is 31.2 Å². The van der Waals surface area contributed by atoms with E-state index in [1.54, 1.807) is 0 Å². The number of carboxylic acids is 1. The Labute approximate surface area is 112 Å². The second-order valence-corrected chi connectivity index (χ2v) is 4.27. The van der Waals surface area contributed by atoms with Crippen LogP contribution in [0, 0.1) is 0 Å². The molecule has 0 aliphatic rings. The molecule has 2 rings (SSSR count). The van der Waals surface area contributed by atoms with E-state index in [9.17, 15) is 4.79 Å². The summed E-state index contributed by atoms with van der Waals surface area (Å²) in [4.78, 5) is 10.8. The van der Waals surface area contributed by atoms with Crippen molar-refractivity contribution in [3.8, 4) is 11.5 Å². The van der Waals surface area contributed by atoms with Crippen LogP contribution in [0.25, 0.3) is 0 Å². The molecule has 0 fully saturated rings. The Balaban J connectivity index is 2.21. The number of benzene rings is 2. The highest BCUT2D eigenvalue weighted by atomic mass is 16.5. The molecule has 19 heavy (non-hydrogen) atoms. The molecular weight excluding hydrogens is 240 g/mol. The molecular formula is C16H16O3. The molecule has 0 bridgehead atoms. The van der Waals surface area contributed by atoms with Crippen LogP contribution in [0.2, 0.25) is 0 Å². The van der Waals surface area contributed by atoms with Gasteiger partial charge in [-0.3, -0.25) is 4.79 Å². The van der Waals surface area contributed by atoms with E-state index in [-0.39, 0.29) is 6.42 Å². The number of rotatable bonds is 5.